The summed E-state index contributed by atoms with van der Waals surface area (Å²) in [6.07, 6.45) is 0.679. The molecular formula is C15H20N2O4S. The Hall–Kier alpha value is -1.89. The van der Waals surface area contributed by atoms with E-state index in [4.69, 9.17) is 0 Å². The summed E-state index contributed by atoms with van der Waals surface area (Å²) in [4.78, 5) is 25.2. The van der Waals surface area contributed by atoms with Crippen molar-refractivity contribution >= 4 is 21.7 Å². The van der Waals surface area contributed by atoms with Crippen LogP contribution in [-0.4, -0.2) is 56.3 Å². The molecule has 0 saturated carbocycles. The topological polar surface area (TPSA) is 83.6 Å². The lowest BCUT2D eigenvalue weighted by Gasteiger charge is -2.23. The van der Waals surface area contributed by atoms with E-state index in [9.17, 15) is 18.0 Å². The van der Waals surface area contributed by atoms with Gasteiger partial charge in [-0.1, -0.05) is 30.3 Å². The van der Waals surface area contributed by atoms with Gasteiger partial charge in [0, 0.05) is 13.1 Å². The molecule has 1 aromatic carbocycles. The van der Waals surface area contributed by atoms with E-state index in [2.05, 4.69) is 5.32 Å². The van der Waals surface area contributed by atoms with Crippen LogP contribution in [0.4, 0.5) is 0 Å². The van der Waals surface area contributed by atoms with Crippen molar-refractivity contribution in [1.82, 2.24) is 10.2 Å². The van der Waals surface area contributed by atoms with Crippen molar-refractivity contribution in [1.29, 1.82) is 0 Å². The first kappa shape index (κ1) is 16.5. The van der Waals surface area contributed by atoms with Crippen molar-refractivity contribution in [3.05, 3.63) is 35.9 Å². The van der Waals surface area contributed by atoms with Crippen LogP contribution in [0.3, 0.4) is 0 Å². The number of benzene rings is 1. The van der Waals surface area contributed by atoms with Crippen LogP contribution in [0, 0.1) is 0 Å². The standard InChI is InChI=1S/C15H20N2O4S/c1-17(13-7-8-22(20,21)11-13)15(19)10-16-14(18)9-12-5-3-2-4-6-12/h2-6,13H,7-11H2,1H3,(H,16,18). The summed E-state index contributed by atoms with van der Waals surface area (Å²) in [6, 6.07) is 8.97. The Morgan fingerprint density at radius 2 is 1.95 bits per heavy atom. The summed E-state index contributed by atoms with van der Waals surface area (Å²) in [7, 11) is -1.45. The van der Waals surface area contributed by atoms with E-state index >= 15 is 0 Å². The van der Waals surface area contributed by atoms with Crippen LogP contribution in [0.1, 0.15) is 12.0 Å². The fourth-order valence-corrected chi connectivity index (χ4v) is 4.20. The molecule has 1 aliphatic rings. The van der Waals surface area contributed by atoms with Gasteiger partial charge in [-0.2, -0.15) is 0 Å². The van der Waals surface area contributed by atoms with E-state index in [0.717, 1.165) is 5.56 Å². The van der Waals surface area contributed by atoms with Crippen molar-refractivity contribution in [2.24, 2.45) is 0 Å². The Kier molecular flexibility index (Phi) is 5.18. The van der Waals surface area contributed by atoms with Crippen LogP contribution in [0.5, 0.6) is 0 Å². The van der Waals surface area contributed by atoms with Crippen molar-refractivity contribution in [3.8, 4) is 0 Å². The summed E-state index contributed by atoms with van der Waals surface area (Å²) in [5.74, 6) is -0.376. The summed E-state index contributed by atoms with van der Waals surface area (Å²) in [5.41, 5.74) is 0.877. The van der Waals surface area contributed by atoms with Crippen LogP contribution in [0.25, 0.3) is 0 Å². The quantitative estimate of drug-likeness (QED) is 0.826. The van der Waals surface area contributed by atoms with E-state index in [1.165, 1.54) is 4.90 Å². The molecule has 0 aromatic heterocycles. The highest BCUT2D eigenvalue weighted by atomic mass is 32.2. The number of nitrogens with zero attached hydrogens (tertiary/aromatic N) is 1. The highest BCUT2D eigenvalue weighted by Gasteiger charge is 2.32. The van der Waals surface area contributed by atoms with Gasteiger partial charge < -0.3 is 10.2 Å². The lowest BCUT2D eigenvalue weighted by molar-refractivity contribution is -0.133. The average molecular weight is 324 g/mol. The molecular weight excluding hydrogens is 304 g/mol. The Bertz CT molecular complexity index is 643. The van der Waals surface area contributed by atoms with Gasteiger partial charge in [-0.3, -0.25) is 9.59 Å². The lowest BCUT2D eigenvalue weighted by Crippen LogP contribution is -2.44. The number of sulfone groups is 1. The third-order valence-electron chi connectivity index (χ3n) is 3.79. The second kappa shape index (κ2) is 6.91. The molecule has 1 atom stereocenters. The van der Waals surface area contributed by atoms with Crippen LogP contribution in [0.15, 0.2) is 30.3 Å². The van der Waals surface area contributed by atoms with Gasteiger partial charge in [-0.15, -0.1) is 0 Å². The molecule has 1 heterocycles. The molecule has 1 unspecified atom stereocenters. The Morgan fingerprint density at radius 3 is 2.55 bits per heavy atom. The maximum Gasteiger partial charge on any atom is 0.241 e. The van der Waals surface area contributed by atoms with Gasteiger partial charge >= 0.3 is 0 Å². The molecule has 1 aromatic rings. The zero-order valence-corrected chi connectivity index (χ0v) is 13.3. The number of carbonyl (C=O) groups excluding carboxylic acids is 2. The molecule has 120 valence electrons. The van der Waals surface area contributed by atoms with E-state index < -0.39 is 9.84 Å². The molecule has 1 N–H and O–H groups in total. The number of hydrogen-bond acceptors (Lipinski definition) is 4. The Morgan fingerprint density at radius 1 is 1.27 bits per heavy atom. The Balaban J connectivity index is 1.79. The minimum absolute atomic E-state index is 0.00714. The van der Waals surface area contributed by atoms with E-state index in [1.807, 2.05) is 30.3 Å². The van der Waals surface area contributed by atoms with Crippen molar-refractivity contribution in [3.63, 3.8) is 0 Å². The fourth-order valence-electron chi connectivity index (χ4n) is 2.43. The van der Waals surface area contributed by atoms with Crippen LogP contribution in [-0.2, 0) is 25.8 Å². The monoisotopic (exact) mass is 324 g/mol. The van der Waals surface area contributed by atoms with Gasteiger partial charge in [-0.25, -0.2) is 8.42 Å². The molecule has 0 aliphatic carbocycles. The first-order valence-electron chi connectivity index (χ1n) is 7.14. The largest absolute Gasteiger partial charge is 0.347 e. The van der Waals surface area contributed by atoms with Crippen molar-refractivity contribution in [2.45, 2.75) is 18.9 Å². The van der Waals surface area contributed by atoms with Gasteiger partial charge in [0.05, 0.1) is 24.5 Å². The molecule has 0 bridgehead atoms. The first-order chi connectivity index (χ1) is 10.4. The number of hydrogen-bond donors (Lipinski definition) is 1. The first-order valence-corrected chi connectivity index (χ1v) is 8.96. The fraction of sp³-hybridized carbons (Fsp3) is 0.467. The summed E-state index contributed by atoms with van der Waals surface area (Å²) >= 11 is 0. The second-order valence-electron chi connectivity index (χ2n) is 5.50. The average Bonchev–Trinajstić information content (AvgIpc) is 2.85. The van der Waals surface area contributed by atoms with Crippen LogP contribution >= 0.6 is 0 Å². The number of carbonyl (C=O) groups is 2. The minimum atomic E-state index is -3.03. The zero-order valence-electron chi connectivity index (χ0n) is 12.5. The van der Waals surface area contributed by atoms with E-state index in [-0.39, 0.29) is 42.3 Å². The molecule has 6 nitrogen and oxygen atoms in total. The van der Waals surface area contributed by atoms with Gasteiger partial charge in [-0.05, 0) is 12.0 Å². The van der Waals surface area contributed by atoms with Crippen LogP contribution < -0.4 is 5.32 Å². The number of amides is 2. The highest BCUT2D eigenvalue weighted by molar-refractivity contribution is 7.91. The molecule has 0 spiro atoms. The lowest BCUT2D eigenvalue weighted by atomic mass is 10.1. The van der Waals surface area contributed by atoms with Gasteiger partial charge in [0.25, 0.3) is 0 Å². The molecule has 0 radical (unpaired) electrons. The van der Waals surface area contributed by atoms with E-state index in [1.54, 1.807) is 7.05 Å². The normalized spacial score (nSPS) is 19.6. The van der Waals surface area contributed by atoms with Gasteiger partial charge in [0.1, 0.15) is 0 Å². The van der Waals surface area contributed by atoms with E-state index in [0.29, 0.717) is 6.42 Å². The third kappa shape index (κ3) is 4.56. The number of rotatable bonds is 5. The summed E-state index contributed by atoms with van der Waals surface area (Å²) < 4.78 is 22.9. The summed E-state index contributed by atoms with van der Waals surface area (Å²) in [5, 5.41) is 2.58. The van der Waals surface area contributed by atoms with Gasteiger partial charge in [0.2, 0.25) is 11.8 Å². The molecule has 2 amide bonds. The maximum atomic E-state index is 12.0. The van der Waals surface area contributed by atoms with Crippen molar-refractivity contribution in [2.75, 3.05) is 25.1 Å². The molecule has 1 saturated heterocycles. The summed E-state index contributed by atoms with van der Waals surface area (Å²) in [6.45, 7) is -0.112. The van der Waals surface area contributed by atoms with Crippen LogP contribution in [0.2, 0.25) is 0 Å². The van der Waals surface area contributed by atoms with Gasteiger partial charge in [0.15, 0.2) is 9.84 Å². The second-order valence-corrected chi connectivity index (χ2v) is 7.73. The minimum Gasteiger partial charge on any atom is -0.347 e. The molecule has 1 aliphatic heterocycles. The predicted molar refractivity (Wildman–Crippen MR) is 83.0 cm³/mol. The zero-order chi connectivity index (χ0) is 16.2. The molecule has 22 heavy (non-hydrogen) atoms. The SMILES string of the molecule is CN(C(=O)CNC(=O)Cc1ccccc1)C1CCS(=O)(=O)C1. The molecule has 1 fully saturated rings. The highest BCUT2D eigenvalue weighted by Crippen LogP contribution is 2.16. The Labute approximate surface area is 130 Å². The predicted octanol–water partition coefficient (Wildman–Crippen LogP) is -0.00920. The number of likely N-dealkylation sites (N-methyl/N-ethyl adjacent to an activating group) is 1. The third-order valence-corrected chi connectivity index (χ3v) is 5.54. The van der Waals surface area contributed by atoms with Crippen molar-refractivity contribution < 1.29 is 18.0 Å². The maximum absolute atomic E-state index is 12.0. The number of nitrogens with one attached hydrogen (secondary N) is 1. The molecule has 7 heteroatoms. The smallest absolute Gasteiger partial charge is 0.241 e. The molecule has 2 rings (SSSR count).